The molecule has 6 nitrogen and oxygen atoms in total. The minimum absolute atomic E-state index is 0.0348. The largest absolute Gasteiger partial charge is 0.493 e. The molecule has 8 heteroatoms. The monoisotopic (exact) mass is 474 g/mol. The van der Waals surface area contributed by atoms with Crippen molar-refractivity contribution in [2.24, 2.45) is 0 Å². The quantitative estimate of drug-likeness (QED) is 0.413. The van der Waals surface area contributed by atoms with Gasteiger partial charge in [0.25, 0.3) is 11.8 Å². The number of halogens is 1. The molecule has 1 aliphatic heterocycles. The average molecular weight is 475 g/mol. The summed E-state index contributed by atoms with van der Waals surface area (Å²) in [5, 5.41) is 2.66. The summed E-state index contributed by atoms with van der Waals surface area (Å²) in [6.07, 6.45) is 1.50. The minimum atomic E-state index is -0.553. The second-order valence-corrected chi connectivity index (χ2v) is 7.65. The van der Waals surface area contributed by atoms with Gasteiger partial charge in [-0.25, -0.2) is 0 Å². The van der Waals surface area contributed by atoms with E-state index in [0.29, 0.717) is 27.2 Å². The number of hydrogen-bond acceptors (Lipinski definition) is 5. The first-order valence-electron chi connectivity index (χ1n) is 8.67. The molecule has 2 aromatic carbocycles. The molecule has 0 atom stereocenters. The third-order valence-corrected chi connectivity index (χ3v) is 5.69. The molecule has 0 radical (unpaired) electrons. The molecule has 1 heterocycles. The normalized spacial score (nSPS) is 15.6. The average Bonchev–Trinajstić information content (AvgIpc) is 2.68. The molecular weight excluding hydrogens is 456 g/mol. The summed E-state index contributed by atoms with van der Waals surface area (Å²) in [7, 11) is 3.05. The summed E-state index contributed by atoms with van der Waals surface area (Å²) in [6, 6.07) is 8.99. The molecule has 2 aromatic rings. The Hall–Kier alpha value is -2.71. The summed E-state index contributed by atoms with van der Waals surface area (Å²) in [5.74, 6) is -0.0374. The molecule has 0 unspecified atom stereocenters. The predicted molar refractivity (Wildman–Crippen MR) is 119 cm³/mol. The Balaban J connectivity index is 2.10. The lowest BCUT2D eigenvalue weighted by molar-refractivity contribution is -0.122. The van der Waals surface area contributed by atoms with Crippen molar-refractivity contribution in [3.63, 3.8) is 0 Å². The molecule has 0 saturated carbocycles. The van der Waals surface area contributed by atoms with Crippen molar-refractivity contribution in [2.75, 3.05) is 19.1 Å². The van der Waals surface area contributed by atoms with E-state index in [1.807, 2.05) is 26.0 Å². The molecule has 150 valence electrons. The highest BCUT2D eigenvalue weighted by Crippen LogP contribution is 2.35. The van der Waals surface area contributed by atoms with Gasteiger partial charge in [0.1, 0.15) is 5.57 Å². The number of thiocarbonyl (C=S) groups is 1. The number of nitrogens with zero attached hydrogens (tertiary/aromatic N) is 1. The lowest BCUT2D eigenvalue weighted by Gasteiger charge is -2.30. The van der Waals surface area contributed by atoms with Crippen LogP contribution in [0.5, 0.6) is 11.5 Å². The van der Waals surface area contributed by atoms with Crippen LogP contribution in [0.4, 0.5) is 5.69 Å². The van der Waals surface area contributed by atoms with E-state index in [0.717, 1.165) is 11.1 Å². The molecular formula is C21H19BrN2O4S. The van der Waals surface area contributed by atoms with Crippen molar-refractivity contribution in [2.45, 2.75) is 13.8 Å². The van der Waals surface area contributed by atoms with Gasteiger partial charge in [0, 0.05) is 4.47 Å². The first kappa shape index (κ1) is 21.0. The van der Waals surface area contributed by atoms with Crippen LogP contribution in [0, 0.1) is 13.8 Å². The topological polar surface area (TPSA) is 67.9 Å². The number of benzene rings is 2. The predicted octanol–water partition coefficient (Wildman–Crippen LogP) is 3.91. The molecule has 1 fully saturated rings. The zero-order valence-corrected chi connectivity index (χ0v) is 18.7. The Morgan fingerprint density at radius 1 is 1.10 bits per heavy atom. The number of aryl methyl sites for hydroxylation is 1. The summed E-state index contributed by atoms with van der Waals surface area (Å²) in [5.41, 5.74) is 3.12. The third kappa shape index (κ3) is 3.90. The van der Waals surface area contributed by atoms with Gasteiger partial charge in [-0.3, -0.25) is 19.8 Å². The number of carbonyl (C=O) groups excluding carboxylic acids is 2. The zero-order valence-electron chi connectivity index (χ0n) is 16.3. The second kappa shape index (κ2) is 8.34. The van der Waals surface area contributed by atoms with Crippen LogP contribution in [0.3, 0.4) is 0 Å². The Bertz CT molecular complexity index is 1060. The van der Waals surface area contributed by atoms with E-state index >= 15 is 0 Å². The van der Waals surface area contributed by atoms with Gasteiger partial charge in [0.2, 0.25) is 0 Å². The van der Waals surface area contributed by atoms with Crippen LogP contribution in [-0.2, 0) is 9.59 Å². The maximum atomic E-state index is 13.2. The summed E-state index contributed by atoms with van der Waals surface area (Å²) in [6.45, 7) is 3.86. The van der Waals surface area contributed by atoms with Crippen LogP contribution < -0.4 is 19.7 Å². The van der Waals surface area contributed by atoms with Crippen molar-refractivity contribution in [1.29, 1.82) is 0 Å². The zero-order chi connectivity index (χ0) is 21.3. The van der Waals surface area contributed by atoms with Crippen molar-refractivity contribution in [1.82, 2.24) is 5.32 Å². The Morgan fingerprint density at radius 2 is 1.76 bits per heavy atom. The van der Waals surface area contributed by atoms with E-state index in [-0.39, 0.29) is 10.7 Å². The van der Waals surface area contributed by atoms with Crippen LogP contribution in [-0.4, -0.2) is 31.1 Å². The van der Waals surface area contributed by atoms with Crippen LogP contribution in [0.15, 0.2) is 40.4 Å². The van der Waals surface area contributed by atoms with Gasteiger partial charge in [-0.05, 0) is 67.0 Å². The number of hydrogen-bond donors (Lipinski definition) is 1. The number of ether oxygens (including phenoxy) is 2. The molecule has 0 spiro atoms. The van der Waals surface area contributed by atoms with Gasteiger partial charge >= 0.3 is 0 Å². The van der Waals surface area contributed by atoms with E-state index < -0.39 is 11.8 Å². The van der Waals surface area contributed by atoms with Crippen LogP contribution in [0.1, 0.15) is 16.7 Å². The van der Waals surface area contributed by atoms with Crippen LogP contribution in [0.2, 0.25) is 0 Å². The second-order valence-electron chi connectivity index (χ2n) is 6.41. The van der Waals surface area contributed by atoms with E-state index in [9.17, 15) is 9.59 Å². The summed E-state index contributed by atoms with van der Waals surface area (Å²) in [4.78, 5) is 27.1. The van der Waals surface area contributed by atoms with E-state index in [1.54, 1.807) is 18.2 Å². The molecule has 0 bridgehead atoms. The fourth-order valence-corrected chi connectivity index (χ4v) is 3.70. The molecule has 1 saturated heterocycles. The lowest BCUT2D eigenvalue weighted by Crippen LogP contribution is -2.54. The molecule has 3 rings (SSSR count). The molecule has 1 aliphatic rings. The highest BCUT2D eigenvalue weighted by atomic mass is 79.9. The van der Waals surface area contributed by atoms with Crippen LogP contribution in [0.25, 0.3) is 6.08 Å². The smallest absolute Gasteiger partial charge is 0.270 e. The fourth-order valence-electron chi connectivity index (χ4n) is 2.99. The standard InChI is InChI=1S/C21H19BrN2O4S/c1-11-6-5-7-16(12(11)2)24-20(26)14(19(25)23-21(24)29)8-13-9-17(27-3)18(28-4)10-15(13)22/h5-10H,1-4H3,(H,23,25,29)/b14-8+. The molecule has 0 aromatic heterocycles. The maximum Gasteiger partial charge on any atom is 0.270 e. The number of carbonyl (C=O) groups is 2. The molecule has 1 N–H and O–H groups in total. The summed E-state index contributed by atoms with van der Waals surface area (Å²) < 4.78 is 11.2. The fraction of sp³-hybridized carbons (Fsp3) is 0.190. The number of rotatable bonds is 4. The van der Waals surface area contributed by atoms with Gasteiger partial charge < -0.3 is 9.47 Å². The van der Waals surface area contributed by atoms with Gasteiger partial charge in [-0.15, -0.1) is 0 Å². The van der Waals surface area contributed by atoms with E-state index in [4.69, 9.17) is 21.7 Å². The maximum absolute atomic E-state index is 13.2. The van der Waals surface area contributed by atoms with E-state index in [1.165, 1.54) is 25.2 Å². The Labute approximate surface area is 182 Å². The Morgan fingerprint density at radius 3 is 2.41 bits per heavy atom. The molecule has 29 heavy (non-hydrogen) atoms. The van der Waals surface area contributed by atoms with Crippen molar-refractivity contribution in [3.8, 4) is 11.5 Å². The molecule has 0 aliphatic carbocycles. The number of methoxy groups -OCH3 is 2. The van der Waals surface area contributed by atoms with Gasteiger partial charge in [-0.1, -0.05) is 28.1 Å². The summed E-state index contributed by atoms with van der Waals surface area (Å²) >= 11 is 8.73. The van der Waals surface area contributed by atoms with Gasteiger partial charge in [-0.2, -0.15) is 0 Å². The number of nitrogens with one attached hydrogen (secondary N) is 1. The van der Waals surface area contributed by atoms with Gasteiger partial charge in [0.15, 0.2) is 16.6 Å². The van der Waals surface area contributed by atoms with Crippen LogP contribution >= 0.6 is 28.1 Å². The number of amides is 2. The van der Waals surface area contributed by atoms with Crippen molar-refractivity contribution in [3.05, 3.63) is 57.1 Å². The number of anilines is 1. The lowest BCUT2D eigenvalue weighted by atomic mass is 10.0. The SMILES string of the molecule is COc1cc(Br)c(/C=C2\C(=O)NC(=S)N(c3cccc(C)c3C)C2=O)cc1OC. The highest BCUT2D eigenvalue weighted by Gasteiger charge is 2.35. The Kier molecular flexibility index (Phi) is 6.04. The van der Waals surface area contributed by atoms with Crippen molar-refractivity contribution < 1.29 is 19.1 Å². The highest BCUT2D eigenvalue weighted by molar-refractivity contribution is 9.10. The third-order valence-electron chi connectivity index (χ3n) is 4.72. The van der Waals surface area contributed by atoms with Gasteiger partial charge in [0.05, 0.1) is 19.9 Å². The van der Waals surface area contributed by atoms with Crippen molar-refractivity contribution >= 4 is 56.8 Å². The first-order valence-corrected chi connectivity index (χ1v) is 9.87. The van der Waals surface area contributed by atoms with E-state index in [2.05, 4.69) is 21.2 Å². The minimum Gasteiger partial charge on any atom is -0.493 e. The first-order chi connectivity index (χ1) is 13.8. The molecule has 2 amide bonds.